The minimum absolute atomic E-state index is 0.257. The van der Waals surface area contributed by atoms with Gasteiger partial charge in [0.2, 0.25) is 0 Å². The summed E-state index contributed by atoms with van der Waals surface area (Å²) in [7, 11) is 0. The Morgan fingerprint density at radius 3 is 2.67 bits per heavy atom. The van der Waals surface area contributed by atoms with Crippen LogP contribution in [0.1, 0.15) is 32.4 Å². The molecule has 5 nitrogen and oxygen atoms in total. The van der Waals surface area contributed by atoms with E-state index in [4.69, 9.17) is 28.9 Å². The van der Waals surface area contributed by atoms with Crippen LogP contribution in [0.3, 0.4) is 0 Å². The Kier molecular flexibility index (Phi) is 6.83. The lowest BCUT2D eigenvalue weighted by Gasteiger charge is -2.32. The average molecular weight is 422 g/mol. The number of rotatable bonds is 3. The van der Waals surface area contributed by atoms with Gasteiger partial charge in [-0.15, -0.1) is 0 Å². The van der Waals surface area contributed by atoms with Crippen molar-refractivity contribution in [2.45, 2.75) is 42.7 Å². The van der Waals surface area contributed by atoms with Crippen LogP contribution in [0, 0.1) is 17.8 Å². The van der Waals surface area contributed by atoms with Crippen LogP contribution < -0.4 is 5.73 Å². The summed E-state index contributed by atoms with van der Waals surface area (Å²) in [5, 5.41) is 1.31. The largest absolute Gasteiger partial charge is 0.381 e. The number of anilines is 1. The lowest BCUT2D eigenvalue weighted by molar-refractivity contribution is 0.167. The van der Waals surface area contributed by atoms with Crippen LogP contribution in [0.15, 0.2) is 28.4 Å². The summed E-state index contributed by atoms with van der Waals surface area (Å²) < 4.78 is 0. The molecular weight excluding hydrogens is 401 g/mol. The van der Waals surface area contributed by atoms with Gasteiger partial charge < -0.3 is 10.6 Å². The average Bonchev–Trinajstić information content (AvgIpc) is 2.65. The standard InChI is InChI=1S/C19H21Cl2N5S/c1-12(2)26-9-6-13(7-10-26)3-4-14-17(21)15(5-8-23-14)27-19-18(22)25-16(20)11-24-19/h5,8,11-13H,6-7,9-10H2,1-2H3,(H2,22,25). The normalized spacial score (nSPS) is 15.6. The maximum atomic E-state index is 6.52. The number of halogens is 2. The summed E-state index contributed by atoms with van der Waals surface area (Å²) in [5.74, 6) is 7.16. The first-order valence-electron chi connectivity index (χ1n) is 8.80. The van der Waals surface area contributed by atoms with E-state index in [1.54, 1.807) is 6.20 Å². The van der Waals surface area contributed by atoms with Gasteiger partial charge in [0.05, 0.1) is 11.2 Å². The summed E-state index contributed by atoms with van der Waals surface area (Å²) in [6.07, 6.45) is 5.31. The Balaban J connectivity index is 1.72. The van der Waals surface area contributed by atoms with E-state index in [9.17, 15) is 0 Å². The molecule has 0 aromatic carbocycles. The topological polar surface area (TPSA) is 67.9 Å². The van der Waals surface area contributed by atoms with Crippen molar-refractivity contribution in [1.29, 1.82) is 0 Å². The van der Waals surface area contributed by atoms with Crippen LogP contribution >= 0.6 is 35.0 Å². The van der Waals surface area contributed by atoms with Crippen molar-refractivity contribution in [1.82, 2.24) is 19.9 Å². The molecule has 0 bridgehead atoms. The van der Waals surface area contributed by atoms with Crippen LogP contribution in [0.25, 0.3) is 0 Å². The molecule has 0 radical (unpaired) electrons. The van der Waals surface area contributed by atoms with E-state index >= 15 is 0 Å². The van der Waals surface area contributed by atoms with Gasteiger partial charge in [0.25, 0.3) is 0 Å². The lowest BCUT2D eigenvalue weighted by Crippen LogP contribution is -2.38. The third-order valence-electron chi connectivity index (χ3n) is 4.45. The van der Waals surface area contributed by atoms with Crippen molar-refractivity contribution in [2.24, 2.45) is 5.92 Å². The van der Waals surface area contributed by atoms with E-state index in [0.29, 0.717) is 27.7 Å². The number of nitrogens with two attached hydrogens (primary N) is 1. The molecule has 0 saturated carbocycles. The van der Waals surface area contributed by atoms with Crippen molar-refractivity contribution < 1.29 is 0 Å². The molecule has 1 aliphatic heterocycles. The second-order valence-electron chi connectivity index (χ2n) is 6.63. The molecule has 2 aromatic heterocycles. The van der Waals surface area contributed by atoms with E-state index in [1.165, 1.54) is 18.0 Å². The fourth-order valence-corrected chi connectivity index (χ4v) is 4.07. The highest BCUT2D eigenvalue weighted by Gasteiger charge is 2.19. The molecule has 27 heavy (non-hydrogen) atoms. The molecule has 8 heteroatoms. The molecule has 142 valence electrons. The summed E-state index contributed by atoms with van der Waals surface area (Å²) in [5.41, 5.74) is 6.45. The Hall–Kier alpha value is -1.52. The summed E-state index contributed by atoms with van der Waals surface area (Å²) in [4.78, 5) is 15.8. The second kappa shape index (κ2) is 9.11. The first kappa shape index (κ1) is 20.2. The summed E-state index contributed by atoms with van der Waals surface area (Å²) in [6.45, 7) is 6.64. The monoisotopic (exact) mass is 421 g/mol. The minimum atomic E-state index is 0.257. The van der Waals surface area contributed by atoms with E-state index in [-0.39, 0.29) is 11.0 Å². The zero-order valence-corrected chi connectivity index (χ0v) is 17.6. The fourth-order valence-electron chi connectivity index (χ4n) is 2.88. The van der Waals surface area contributed by atoms with Crippen molar-refractivity contribution in [3.63, 3.8) is 0 Å². The molecule has 3 rings (SSSR count). The lowest BCUT2D eigenvalue weighted by atomic mass is 9.96. The fraction of sp³-hybridized carbons (Fsp3) is 0.421. The molecular formula is C19H21Cl2N5S. The van der Waals surface area contributed by atoms with Gasteiger partial charge >= 0.3 is 0 Å². The Bertz CT molecular complexity index is 870. The molecule has 0 unspecified atom stereocenters. The van der Waals surface area contributed by atoms with Gasteiger partial charge in [-0.1, -0.05) is 40.9 Å². The minimum Gasteiger partial charge on any atom is -0.381 e. The molecule has 2 aromatic rings. The van der Waals surface area contributed by atoms with Crippen molar-refractivity contribution in [3.05, 3.63) is 34.3 Å². The van der Waals surface area contributed by atoms with Crippen LogP contribution in [0.2, 0.25) is 10.2 Å². The molecule has 0 amide bonds. The number of hydrogen-bond donors (Lipinski definition) is 1. The molecule has 0 aliphatic carbocycles. The highest BCUT2D eigenvalue weighted by molar-refractivity contribution is 7.99. The number of hydrogen-bond acceptors (Lipinski definition) is 6. The van der Waals surface area contributed by atoms with Gasteiger partial charge in [0.15, 0.2) is 5.82 Å². The number of nitrogens with zero attached hydrogens (tertiary/aromatic N) is 4. The zero-order valence-electron chi connectivity index (χ0n) is 15.2. The maximum Gasteiger partial charge on any atom is 0.158 e. The van der Waals surface area contributed by atoms with E-state index < -0.39 is 0 Å². The highest BCUT2D eigenvalue weighted by Crippen LogP contribution is 2.35. The molecule has 0 spiro atoms. The van der Waals surface area contributed by atoms with E-state index in [1.807, 2.05) is 6.07 Å². The van der Waals surface area contributed by atoms with Gasteiger partial charge in [0, 0.05) is 23.1 Å². The third-order valence-corrected chi connectivity index (χ3v) is 6.19. The number of nitrogen functional groups attached to an aromatic ring is 1. The Labute approximate surface area is 174 Å². The summed E-state index contributed by atoms with van der Waals surface area (Å²) >= 11 is 13.6. The third kappa shape index (κ3) is 5.26. The number of pyridine rings is 1. The maximum absolute atomic E-state index is 6.52. The number of aromatic nitrogens is 3. The Morgan fingerprint density at radius 2 is 2.00 bits per heavy atom. The van der Waals surface area contributed by atoms with Crippen molar-refractivity contribution in [3.8, 4) is 11.8 Å². The predicted molar refractivity (Wildman–Crippen MR) is 111 cm³/mol. The van der Waals surface area contributed by atoms with Crippen LogP contribution in [0.4, 0.5) is 5.82 Å². The van der Waals surface area contributed by atoms with Crippen molar-refractivity contribution in [2.75, 3.05) is 18.8 Å². The van der Waals surface area contributed by atoms with Gasteiger partial charge in [-0.2, -0.15) is 0 Å². The van der Waals surface area contributed by atoms with Crippen LogP contribution in [-0.2, 0) is 0 Å². The smallest absolute Gasteiger partial charge is 0.158 e. The van der Waals surface area contributed by atoms with Gasteiger partial charge in [-0.05, 0) is 51.8 Å². The Morgan fingerprint density at radius 1 is 1.26 bits per heavy atom. The molecule has 1 fully saturated rings. The molecule has 1 saturated heterocycles. The quantitative estimate of drug-likeness (QED) is 0.741. The van der Waals surface area contributed by atoms with Crippen LogP contribution in [-0.4, -0.2) is 39.0 Å². The van der Waals surface area contributed by atoms with Crippen LogP contribution in [0.5, 0.6) is 0 Å². The van der Waals surface area contributed by atoms with E-state index in [0.717, 1.165) is 30.8 Å². The van der Waals surface area contributed by atoms with Gasteiger partial charge in [-0.3, -0.25) is 0 Å². The molecule has 1 aliphatic rings. The van der Waals surface area contributed by atoms with Gasteiger partial charge in [0.1, 0.15) is 15.9 Å². The summed E-state index contributed by atoms with van der Waals surface area (Å²) in [6, 6.07) is 2.40. The molecule has 3 heterocycles. The highest BCUT2D eigenvalue weighted by atomic mass is 35.5. The first-order valence-corrected chi connectivity index (χ1v) is 10.4. The number of likely N-dealkylation sites (tertiary alicyclic amines) is 1. The number of piperidine rings is 1. The predicted octanol–water partition coefficient (Wildman–Crippen LogP) is 4.38. The first-order chi connectivity index (χ1) is 12.9. The van der Waals surface area contributed by atoms with Gasteiger partial charge in [-0.25, -0.2) is 15.0 Å². The SMILES string of the molecule is CC(C)N1CCC(C#Cc2nccc(Sc3ncc(Cl)nc3N)c2Cl)CC1. The zero-order chi connectivity index (χ0) is 19.4. The molecule has 2 N–H and O–H groups in total. The van der Waals surface area contributed by atoms with Crippen molar-refractivity contribution >= 4 is 40.8 Å². The molecule has 0 atom stereocenters. The second-order valence-corrected chi connectivity index (χ2v) is 8.43. The van der Waals surface area contributed by atoms with E-state index in [2.05, 4.69) is 45.5 Å².